The Hall–Kier alpha value is -3.85. The largest absolute Gasteiger partial charge is 0.506 e. The Bertz CT molecular complexity index is 1490. The van der Waals surface area contributed by atoms with Gasteiger partial charge in [0.25, 0.3) is 5.56 Å². The highest BCUT2D eigenvalue weighted by molar-refractivity contribution is 6.30. The van der Waals surface area contributed by atoms with E-state index in [9.17, 15) is 14.7 Å². The number of rotatable bonds is 8. The van der Waals surface area contributed by atoms with Crippen LogP contribution in [-0.2, 0) is 0 Å². The number of hydrogen-bond donors (Lipinski definition) is 3. The number of phenols is 1. The van der Waals surface area contributed by atoms with Gasteiger partial charge >= 0.3 is 5.69 Å². The zero-order chi connectivity index (χ0) is 25.1. The molecule has 2 aromatic heterocycles. The first kappa shape index (κ1) is 24.3. The zero-order valence-electron chi connectivity index (χ0n) is 19.8. The van der Waals surface area contributed by atoms with Crippen LogP contribution in [-0.4, -0.2) is 37.7 Å². The van der Waals surface area contributed by atoms with Crippen LogP contribution < -0.4 is 21.5 Å². The second-order valence-electron chi connectivity index (χ2n) is 8.27. The first-order chi connectivity index (χ1) is 16.8. The number of aryl methyl sites for hydroxylation is 1. The van der Waals surface area contributed by atoms with Gasteiger partial charge in [-0.2, -0.15) is 4.98 Å². The molecule has 0 atom stereocenters. The molecule has 9 nitrogen and oxygen atoms in total. The molecule has 0 aliphatic heterocycles. The number of aromatic hydroxyl groups is 1. The van der Waals surface area contributed by atoms with Gasteiger partial charge in [-0.3, -0.25) is 9.78 Å². The maximum Gasteiger partial charge on any atom is 0.334 e. The molecular formula is C25H27ClN6O3. The summed E-state index contributed by atoms with van der Waals surface area (Å²) in [5.74, 6) is -0.0159. The third kappa shape index (κ3) is 5.00. The highest BCUT2D eigenvalue weighted by Crippen LogP contribution is 2.26. The number of H-pyrrole nitrogens is 1. The van der Waals surface area contributed by atoms with Gasteiger partial charge in [-0.25, -0.2) is 14.3 Å². The molecule has 0 bridgehead atoms. The summed E-state index contributed by atoms with van der Waals surface area (Å²) in [6.45, 7) is 8.38. The SMILES string of the molecule is CCCN(CCC)c1ccc(Nc2ncc3c(=O)n(-c4cc(Cl)ccc4O)c(=O)[nH]c3n2)cc1C. The van der Waals surface area contributed by atoms with Gasteiger partial charge in [0.15, 0.2) is 5.65 Å². The summed E-state index contributed by atoms with van der Waals surface area (Å²) >= 11 is 5.98. The molecule has 4 aromatic rings. The predicted molar refractivity (Wildman–Crippen MR) is 140 cm³/mol. The average Bonchev–Trinajstić information content (AvgIpc) is 2.81. The fraction of sp³-hybridized carbons (Fsp3) is 0.280. The highest BCUT2D eigenvalue weighted by Gasteiger charge is 2.15. The standard InChI is InChI=1S/C25H27ClN6O3/c1-4-10-31(11-5-2)19-8-7-17(12-15(19)3)28-24-27-14-18-22(29-24)30-25(35)32(23(18)34)20-13-16(26)6-9-21(20)33/h6-9,12-14,33H,4-5,10-11H2,1-3H3,(H2,27,28,29,30,35). The first-order valence-electron chi connectivity index (χ1n) is 11.5. The molecule has 2 aromatic carbocycles. The molecule has 0 radical (unpaired) electrons. The Morgan fingerprint density at radius 2 is 1.86 bits per heavy atom. The lowest BCUT2D eigenvalue weighted by atomic mass is 10.1. The second kappa shape index (κ2) is 10.2. The van der Waals surface area contributed by atoms with Crippen LogP contribution in [0.1, 0.15) is 32.3 Å². The van der Waals surface area contributed by atoms with Gasteiger partial charge in [0, 0.05) is 35.7 Å². The van der Waals surface area contributed by atoms with Gasteiger partial charge in [-0.15, -0.1) is 0 Å². The smallest absolute Gasteiger partial charge is 0.334 e. The molecule has 4 rings (SSSR count). The van der Waals surface area contributed by atoms with Crippen LogP contribution in [0.5, 0.6) is 5.75 Å². The Morgan fingerprint density at radius 1 is 1.11 bits per heavy atom. The van der Waals surface area contributed by atoms with Crippen LogP contribution >= 0.6 is 11.6 Å². The third-order valence-electron chi connectivity index (χ3n) is 5.61. The molecule has 0 spiro atoms. The molecule has 0 aliphatic carbocycles. The van der Waals surface area contributed by atoms with Gasteiger partial charge in [0.1, 0.15) is 11.1 Å². The zero-order valence-corrected chi connectivity index (χ0v) is 20.6. The predicted octanol–water partition coefficient (Wildman–Crippen LogP) is 4.51. The van der Waals surface area contributed by atoms with E-state index in [0.29, 0.717) is 0 Å². The lowest BCUT2D eigenvalue weighted by Crippen LogP contribution is -2.34. The van der Waals surface area contributed by atoms with Crippen molar-refractivity contribution < 1.29 is 5.11 Å². The maximum absolute atomic E-state index is 13.0. The summed E-state index contributed by atoms with van der Waals surface area (Å²) in [7, 11) is 0. The van der Waals surface area contributed by atoms with Crippen molar-refractivity contribution in [2.75, 3.05) is 23.3 Å². The molecule has 0 fully saturated rings. The molecule has 10 heteroatoms. The first-order valence-corrected chi connectivity index (χ1v) is 11.8. The molecule has 35 heavy (non-hydrogen) atoms. The lowest BCUT2D eigenvalue weighted by Gasteiger charge is -2.26. The van der Waals surface area contributed by atoms with E-state index in [1.165, 1.54) is 30.1 Å². The number of nitrogens with one attached hydrogen (secondary N) is 2. The molecule has 182 valence electrons. The van der Waals surface area contributed by atoms with E-state index in [4.69, 9.17) is 11.6 Å². The minimum absolute atomic E-state index is 0.0244. The van der Waals surface area contributed by atoms with Gasteiger partial charge in [0.2, 0.25) is 5.95 Å². The van der Waals surface area contributed by atoms with E-state index in [1.54, 1.807) is 0 Å². The van der Waals surface area contributed by atoms with Crippen molar-refractivity contribution in [2.24, 2.45) is 0 Å². The number of aromatic nitrogens is 4. The lowest BCUT2D eigenvalue weighted by molar-refractivity contribution is 0.471. The quantitative estimate of drug-likeness (QED) is 0.330. The molecular weight excluding hydrogens is 468 g/mol. The summed E-state index contributed by atoms with van der Waals surface area (Å²) in [6.07, 6.45) is 3.48. The average molecular weight is 495 g/mol. The summed E-state index contributed by atoms with van der Waals surface area (Å²) < 4.78 is 0.806. The summed E-state index contributed by atoms with van der Waals surface area (Å²) in [5, 5.41) is 13.6. The van der Waals surface area contributed by atoms with E-state index >= 15 is 0 Å². The third-order valence-corrected chi connectivity index (χ3v) is 5.84. The molecule has 0 saturated carbocycles. The van der Waals surface area contributed by atoms with E-state index in [0.717, 1.165) is 41.7 Å². The molecule has 2 heterocycles. The van der Waals surface area contributed by atoms with Gasteiger partial charge < -0.3 is 15.3 Å². The van der Waals surface area contributed by atoms with E-state index < -0.39 is 11.2 Å². The Morgan fingerprint density at radius 3 is 2.54 bits per heavy atom. The number of fused-ring (bicyclic) bond motifs is 1. The van der Waals surface area contributed by atoms with Crippen LogP contribution in [0.15, 0.2) is 52.2 Å². The van der Waals surface area contributed by atoms with Gasteiger partial charge in [-0.05, 0) is 61.7 Å². The Kier molecular flexibility index (Phi) is 7.07. The normalized spacial score (nSPS) is 11.1. The van der Waals surface area contributed by atoms with Crippen molar-refractivity contribution >= 4 is 40.0 Å². The second-order valence-corrected chi connectivity index (χ2v) is 8.71. The van der Waals surface area contributed by atoms with Crippen molar-refractivity contribution in [2.45, 2.75) is 33.6 Å². The maximum atomic E-state index is 13.0. The van der Waals surface area contributed by atoms with Crippen molar-refractivity contribution in [1.82, 2.24) is 19.5 Å². The molecule has 0 saturated heterocycles. The monoisotopic (exact) mass is 494 g/mol. The van der Waals surface area contributed by atoms with E-state index in [1.807, 2.05) is 12.1 Å². The van der Waals surface area contributed by atoms with Crippen molar-refractivity contribution in [3.05, 3.63) is 74.0 Å². The molecule has 0 unspecified atom stereocenters. The van der Waals surface area contributed by atoms with E-state index in [-0.39, 0.29) is 33.4 Å². The van der Waals surface area contributed by atoms with Crippen LogP contribution in [0.25, 0.3) is 16.7 Å². The minimum atomic E-state index is -0.753. The van der Waals surface area contributed by atoms with Crippen LogP contribution in [0.3, 0.4) is 0 Å². The fourth-order valence-corrected chi connectivity index (χ4v) is 4.23. The molecule has 0 aliphatic rings. The van der Waals surface area contributed by atoms with Crippen LogP contribution in [0.4, 0.5) is 17.3 Å². The summed E-state index contributed by atoms with van der Waals surface area (Å²) in [4.78, 5) is 39.3. The summed E-state index contributed by atoms with van der Waals surface area (Å²) in [5.41, 5.74) is 1.74. The van der Waals surface area contributed by atoms with Crippen molar-refractivity contribution in [3.63, 3.8) is 0 Å². The topological polar surface area (TPSA) is 116 Å². The number of nitrogens with zero attached hydrogens (tertiary/aromatic N) is 4. The van der Waals surface area contributed by atoms with Gasteiger partial charge in [-0.1, -0.05) is 25.4 Å². The van der Waals surface area contributed by atoms with Crippen LogP contribution in [0.2, 0.25) is 5.02 Å². The molecule has 0 amide bonds. The number of anilines is 3. The van der Waals surface area contributed by atoms with Crippen molar-refractivity contribution in [3.8, 4) is 11.4 Å². The number of halogens is 1. The van der Waals surface area contributed by atoms with Crippen LogP contribution in [0, 0.1) is 6.92 Å². The fourth-order valence-electron chi connectivity index (χ4n) is 4.07. The number of benzene rings is 2. The summed E-state index contributed by atoms with van der Waals surface area (Å²) in [6, 6.07) is 10.2. The highest BCUT2D eigenvalue weighted by atomic mass is 35.5. The van der Waals surface area contributed by atoms with Crippen molar-refractivity contribution in [1.29, 1.82) is 0 Å². The van der Waals surface area contributed by atoms with E-state index in [2.05, 4.69) is 52.0 Å². The number of phenolic OH excluding ortho intramolecular Hbond substituents is 1. The Labute approximate surface area is 207 Å². The van der Waals surface area contributed by atoms with Gasteiger partial charge in [0.05, 0.1) is 5.69 Å². The number of hydrogen-bond acceptors (Lipinski definition) is 7. The Balaban J connectivity index is 1.67. The minimum Gasteiger partial charge on any atom is -0.506 e. The molecule has 3 N–H and O–H groups in total. The number of aromatic amines is 1.